The molecule has 0 saturated heterocycles. The van der Waals surface area contributed by atoms with Gasteiger partial charge in [-0.25, -0.2) is 9.59 Å². The van der Waals surface area contributed by atoms with Gasteiger partial charge in [0, 0.05) is 23.1 Å². The van der Waals surface area contributed by atoms with E-state index in [1.54, 1.807) is 30.3 Å². The number of esters is 1. The molecule has 1 atom stereocenters. The van der Waals surface area contributed by atoms with Crippen molar-refractivity contribution in [3.63, 3.8) is 0 Å². The number of fused-ring (bicyclic) bond motifs is 1. The molecule has 140 valence electrons. The maximum Gasteiger partial charge on any atom is 0.351 e. The Hall–Kier alpha value is -2.79. The summed E-state index contributed by atoms with van der Waals surface area (Å²) in [5, 5.41) is 1.07. The molecule has 6 heteroatoms. The molecule has 1 unspecified atom stereocenters. The third-order valence-electron chi connectivity index (χ3n) is 4.16. The van der Waals surface area contributed by atoms with Gasteiger partial charge in [-0.3, -0.25) is 0 Å². The number of methoxy groups -OCH3 is 1. The molecule has 0 N–H and O–H groups in total. The van der Waals surface area contributed by atoms with Gasteiger partial charge in [0.1, 0.15) is 11.3 Å². The van der Waals surface area contributed by atoms with Gasteiger partial charge in [0.25, 0.3) is 0 Å². The van der Waals surface area contributed by atoms with Crippen molar-refractivity contribution in [2.75, 3.05) is 7.11 Å². The van der Waals surface area contributed by atoms with Gasteiger partial charge in [0.05, 0.1) is 12.1 Å². The topological polar surface area (TPSA) is 65.7 Å². The molecule has 0 aliphatic heterocycles. The van der Waals surface area contributed by atoms with Crippen molar-refractivity contribution in [3.8, 4) is 5.75 Å². The van der Waals surface area contributed by atoms with Crippen LogP contribution >= 0.6 is 11.6 Å². The Balaban J connectivity index is 2.06. The number of rotatable bonds is 6. The van der Waals surface area contributed by atoms with Crippen molar-refractivity contribution in [2.45, 2.75) is 25.9 Å². The van der Waals surface area contributed by atoms with E-state index in [1.807, 2.05) is 13.0 Å². The van der Waals surface area contributed by atoms with Crippen molar-refractivity contribution in [1.82, 2.24) is 0 Å². The minimum Gasteiger partial charge on any atom is -0.472 e. The van der Waals surface area contributed by atoms with E-state index in [2.05, 4.69) is 0 Å². The highest BCUT2D eigenvalue weighted by Gasteiger charge is 2.25. The second kappa shape index (κ2) is 8.27. The molecule has 27 heavy (non-hydrogen) atoms. The highest BCUT2D eigenvalue weighted by atomic mass is 35.5. The van der Waals surface area contributed by atoms with Crippen LogP contribution in [0.3, 0.4) is 0 Å². The summed E-state index contributed by atoms with van der Waals surface area (Å²) in [5.74, 6) is -0.321. The lowest BCUT2D eigenvalue weighted by Crippen LogP contribution is -2.20. The molecule has 0 saturated carbocycles. The average Bonchev–Trinajstić information content (AvgIpc) is 2.67. The molecule has 2 aromatic carbocycles. The Kier molecular flexibility index (Phi) is 5.81. The van der Waals surface area contributed by atoms with Crippen molar-refractivity contribution in [3.05, 3.63) is 75.1 Å². The van der Waals surface area contributed by atoms with Crippen molar-refractivity contribution < 1.29 is 18.7 Å². The number of carbonyl (C=O) groups excluding carboxylic acids is 1. The lowest BCUT2D eigenvalue weighted by molar-refractivity contribution is -0.149. The third-order valence-corrected chi connectivity index (χ3v) is 4.46. The fourth-order valence-electron chi connectivity index (χ4n) is 2.91. The summed E-state index contributed by atoms with van der Waals surface area (Å²) in [6, 6.07) is 13.7. The zero-order chi connectivity index (χ0) is 19.4. The zero-order valence-electron chi connectivity index (χ0n) is 15.0. The van der Waals surface area contributed by atoms with E-state index in [-0.39, 0.29) is 5.75 Å². The third kappa shape index (κ3) is 4.14. The quantitative estimate of drug-likeness (QED) is 0.454. The summed E-state index contributed by atoms with van der Waals surface area (Å²) in [5.41, 5.74) is 1.42. The molecule has 0 spiro atoms. The second-order valence-electron chi connectivity index (χ2n) is 6.05. The van der Waals surface area contributed by atoms with Crippen LogP contribution in [0, 0.1) is 0 Å². The number of halogens is 1. The number of hydrogen-bond acceptors (Lipinski definition) is 5. The Morgan fingerprint density at radius 3 is 2.59 bits per heavy atom. The summed E-state index contributed by atoms with van der Waals surface area (Å²) >= 11 is 6.40. The minimum absolute atomic E-state index is 0.236. The average molecular weight is 387 g/mol. The summed E-state index contributed by atoms with van der Waals surface area (Å²) in [7, 11) is 1.29. The Labute approximate surface area is 161 Å². The van der Waals surface area contributed by atoms with E-state index in [0.717, 1.165) is 23.8 Å². The van der Waals surface area contributed by atoms with Crippen LogP contribution in [0.1, 0.15) is 30.6 Å². The SMILES string of the molecule is CCCc1cc(=O)oc2cc(OC(C(=O)OC)c3ccccc3)c(Cl)cc12. The van der Waals surface area contributed by atoms with Crippen LogP contribution in [0.5, 0.6) is 5.75 Å². The molecule has 1 heterocycles. The molecule has 0 radical (unpaired) electrons. The van der Waals surface area contributed by atoms with Crippen LogP contribution in [0.2, 0.25) is 5.02 Å². The van der Waals surface area contributed by atoms with E-state index in [9.17, 15) is 9.59 Å². The molecule has 3 rings (SSSR count). The molecule has 0 amide bonds. The first-order valence-electron chi connectivity index (χ1n) is 8.59. The number of ether oxygens (including phenoxy) is 2. The molecular weight excluding hydrogens is 368 g/mol. The maximum atomic E-state index is 12.2. The normalized spacial score (nSPS) is 12.0. The maximum absolute atomic E-state index is 12.2. The summed E-state index contributed by atoms with van der Waals surface area (Å²) in [6.45, 7) is 2.03. The molecule has 0 aliphatic rings. The van der Waals surface area contributed by atoms with Crippen LogP contribution in [0.25, 0.3) is 11.0 Å². The Morgan fingerprint density at radius 2 is 1.93 bits per heavy atom. The van der Waals surface area contributed by atoms with Crippen LogP contribution < -0.4 is 10.4 Å². The molecule has 0 bridgehead atoms. The van der Waals surface area contributed by atoms with Gasteiger partial charge >= 0.3 is 11.6 Å². The first-order chi connectivity index (χ1) is 13.0. The smallest absolute Gasteiger partial charge is 0.351 e. The number of carbonyl (C=O) groups is 1. The van der Waals surface area contributed by atoms with Crippen LogP contribution in [0.4, 0.5) is 0 Å². The summed E-state index contributed by atoms with van der Waals surface area (Å²) in [4.78, 5) is 24.1. The highest BCUT2D eigenvalue weighted by molar-refractivity contribution is 6.32. The first-order valence-corrected chi connectivity index (χ1v) is 8.97. The number of benzene rings is 2. The molecule has 1 aromatic heterocycles. The molecule has 0 aliphatic carbocycles. The molecule has 0 fully saturated rings. The van der Waals surface area contributed by atoms with Gasteiger partial charge in [0.2, 0.25) is 6.10 Å². The van der Waals surface area contributed by atoms with Gasteiger partial charge in [-0.05, 0) is 18.1 Å². The molecule has 3 aromatic rings. The van der Waals surface area contributed by atoms with Gasteiger partial charge in [-0.2, -0.15) is 0 Å². The summed E-state index contributed by atoms with van der Waals surface area (Å²) < 4.78 is 16.0. The minimum atomic E-state index is -0.989. The highest BCUT2D eigenvalue weighted by Crippen LogP contribution is 2.34. The predicted octanol–water partition coefficient (Wildman–Crippen LogP) is 4.69. The Morgan fingerprint density at radius 1 is 1.19 bits per heavy atom. The monoisotopic (exact) mass is 386 g/mol. The van der Waals surface area contributed by atoms with Gasteiger partial charge in [-0.15, -0.1) is 0 Å². The van der Waals surface area contributed by atoms with Crippen molar-refractivity contribution in [2.24, 2.45) is 0 Å². The van der Waals surface area contributed by atoms with E-state index in [0.29, 0.717) is 16.2 Å². The van der Waals surface area contributed by atoms with E-state index >= 15 is 0 Å². The second-order valence-corrected chi connectivity index (χ2v) is 6.46. The van der Waals surface area contributed by atoms with Crippen LogP contribution in [-0.2, 0) is 16.0 Å². The van der Waals surface area contributed by atoms with Crippen molar-refractivity contribution in [1.29, 1.82) is 0 Å². The fraction of sp³-hybridized carbons (Fsp3) is 0.238. The zero-order valence-corrected chi connectivity index (χ0v) is 15.8. The lowest BCUT2D eigenvalue weighted by Gasteiger charge is -2.18. The largest absolute Gasteiger partial charge is 0.472 e. The lowest BCUT2D eigenvalue weighted by atomic mass is 10.1. The van der Waals surface area contributed by atoms with Crippen molar-refractivity contribution >= 4 is 28.5 Å². The standard InChI is InChI=1S/C21H19ClO5/c1-3-7-14-10-19(23)26-17-12-18(16(22)11-15(14)17)27-20(21(24)25-2)13-8-5-4-6-9-13/h4-6,8-12,20H,3,7H2,1-2H3. The number of aryl methyl sites for hydroxylation is 1. The van der Waals surface area contributed by atoms with Gasteiger partial charge in [-0.1, -0.05) is 55.3 Å². The van der Waals surface area contributed by atoms with Gasteiger partial charge in [0.15, 0.2) is 0 Å². The van der Waals surface area contributed by atoms with E-state index in [4.69, 9.17) is 25.5 Å². The predicted molar refractivity (Wildman–Crippen MR) is 103 cm³/mol. The molecular formula is C21H19ClO5. The number of hydrogen-bond donors (Lipinski definition) is 0. The fourth-order valence-corrected chi connectivity index (χ4v) is 3.12. The van der Waals surface area contributed by atoms with Crippen LogP contribution in [-0.4, -0.2) is 13.1 Å². The van der Waals surface area contributed by atoms with E-state index < -0.39 is 17.7 Å². The summed E-state index contributed by atoms with van der Waals surface area (Å²) in [6.07, 6.45) is 0.622. The van der Waals surface area contributed by atoms with Gasteiger partial charge < -0.3 is 13.9 Å². The molecule has 5 nitrogen and oxygen atoms in total. The first kappa shape index (κ1) is 19.0. The Bertz CT molecular complexity index is 1010. The van der Waals surface area contributed by atoms with Crippen LogP contribution in [0.15, 0.2) is 57.7 Å². The van der Waals surface area contributed by atoms with E-state index in [1.165, 1.54) is 19.2 Å².